The van der Waals surface area contributed by atoms with Gasteiger partial charge >= 0.3 is 5.97 Å². The minimum Gasteiger partial charge on any atom is -0.486 e. The third-order valence-electron chi connectivity index (χ3n) is 4.37. The second kappa shape index (κ2) is 9.73. The third-order valence-corrected chi connectivity index (χ3v) is 4.37. The van der Waals surface area contributed by atoms with Crippen molar-refractivity contribution in [3.05, 3.63) is 89.6 Å². The number of ether oxygens (including phenoxy) is 2. The molecule has 156 valence electrons. The van der Waals surface area contributed by atoms with Crippen LogP contribution in [0.25, 0.3) is 0 Å². The molecule has 2 atom stereocenters. The zero-order valence-electron chi connectivity index (χ0n) is 16.6. The summed E-state index contributed by atoms with van der Waals surface area (Å²) in [6.45, 7) is 3.40. The lowest BCUT2D eigenvalue weighted by molar-refractivity contribution is -0.129. The topological polar surface area (TPSA) is 77.8 Å². The van der Waals surface area contributed by atoms with Gasteiger partial charge in [-0.1, -0.05) is 30.3 Å². The predicted octanol–water partition coefficient (Wildman–Crippen LogP) is 4.42. The van der Waals surface area contributed by atoms with Crippen LogP contribution in [-0.2, 0) is 16.1 Å². The van der Waals surface area contributed by atoms with Gasteiger partial charge in [0.05, 0.1) is 6.04 Å². The molecule has 0 saturated carbocycles. The number of hydrogen-bond acceptors (Lipinski definition) is 5. The van der Waals surface area contributed by atoms with Crippen LogP contribution in [0.15, 0.2) is 71.1 Å². The molecule has 0 saturated heterocycles. The summed E-state index contributed by atoms with van der Waals surface area (Å²) in [5.41, 5.74) is 0.946. The van der Waals surface area contributed by atoms with E-state index in [2.05, 4.69) is 5.32 Å². The second-order valence-corrected chi connectivity index (χ2v) is 6.70. The Kier molecular flexibility index (Phi) is 6.85. The monoisotopic (exact) mass is 411 g/mol. The van der Waals surface area contributed by atoms with E-state index in [4.69, 9.17) is 13.9 Å². The van der Waals surface area contributed by atoms with Gasteiger partial charge in [-0.25, -0.2) is 9.18 Å². The van der Waals surface area contributed by atoms with E-state index in [1.165, 1.54) is 37.3 Å². The number of benzene rings is 2. The van der Waals surface area contributed by atoms with Gasteiger partial charge in [-0.05, 0) is 55.8 Å². The van der Waals surface area contributed by atoms with Crippen LogP contribution >= 0.6 is 0 Å². The van der Waals surface area contributed by atoms with Gasteiger partial charge in [0.2, 0.25) is 5.76 Å². The van der Waals surface area contributed by atoms with Crippen molar-refractivity contribution in [2.75, 3.05) is 0 Å². The maximum atomic E-state index is 12.9. The zero-order chi connectivity index (χ0) is 21.5. The van der Waals surface area contributed by atoms with E-state index in [0.717, 1.165) is 5.56 Å². The molecule has 6 nitrogen and oxygen atoms in total. The lowest BCUT2D eigenvalue weighted by Gasteiger charge is -2.18. The SMILES string of the molecule is CC(OC(=O)c1ccc(COc2ccc(F)cc2)o1)C(=O)NC(C)c1ccccc1. The fraction of sp³-hybridized carbons (Fsp3) is 0.217. The molecule has 0 aliphatic heterocycles. The number of carbonyl (C=O) groups is 2. The molecule has 7 heteroatoms. The first-order valence-corrected chi connectivity index (χ1v) is 9.46. The molecule has 0 aliphatic carbocycles. The summed E-state index contributed by atoms with van der Waals surface area (Å²) in [5, 5.41) is 2.81. The van der Waals surface area contributed by atoms with E-state index in [9.17, 15) is 14.0 Å². The molecule has 0 bridgehead atoms. The Labute approximate surface area is 173 Å². The number of nitrogens with one attached hydrogen (secondary N) is 1. The maximum absolute atomic E-state index is 12.9. The summed E-state index contributed by atoms with van der Waals surface area (Å²) < 4.78 is 29.0. The molecule has 2 aromatic carbocycles. The van der Waals surface area contributed by atoms with Gasteiger partial charge in [-0.15, -0.1) is 0 Å². The van der Waals surface area contributed by atoms with Crippen LogP contribution in [-0.4, -0.2) is 18.0 Å². The average molecular weight is 411 g/mol. The van der Waals surface area contributed by atoms with Gasteiger partial charge in [0.25, 0.3) is 5.91 Å². The van der Waals surface area contributed by atoms with Crippen molar-refractivity contribution >= 4 is 11.9 Å². The van der Waals surface area contributed by atoms with Gasteiger partial charge in [0.15, 0.2) is 6.10 Å². The van der Waals surface area contributed by atoms with Crippen molar-refractivity contribution in [2.24, 2.45) is 0 Å². The molecule has 1 aromatic heterocycles. The number of amides is 1. The highest BCUT2D eigenvalue weighted by molar-refractivity contribution is 5.90. The van der Waals surface area contributed by atoms with Crippen molar-refractivity contribution in [3.8, 4) is 5.75 Å². The van der Waals surface area contributed by atoms with Gasteiger partial charge in [-0.3, -0.25) is 4.79 Å². The minimum absolute atomic E-state index is 0.0385. The Morgan fingerprint density at radius 2 is 1.70 bits per heavy atom. The van der Waals surface area contributed by atoms with Crippen molar-refractivity contribution in [1.82, 2.24) is 5.32 Å². The molecule has 1 heterocycles. The first kappa shape index (κ1) is 21.1. The fourth-order valence-corrected chi connectivity index (χ4v) is 2.68. The summed E-state index contributed by atoms with van der Waals surface area (Å²) in [4.78, 5) is 24.6. The Hall–Kier alpha value is -3.61. The molecule has 0 spiro atoms. The second-order valence-electron chi connectivity index (χ2n) is 6.70. The minimum atomic E-state index is -0.993. The van der Waals surface area contributed by atoms with Gasteiger partial charge in [0, 0.05) is 0 Å². The Balaban J connectivity index is 1.50. The van der Waals surface area contributed by atoms with Crippen LogP contribution in [0.4, 0.5) is 4.39 Å². The highest BCUT2D eigenvalue weighted by Crippen LogP contribution is 2.16. The van der Waals surface area contributed by atoms with Crippen LogP contribution in [0.2, 0.25) is 0 Å². The third kappa shape index (κ3) is 5.70. The Morgan fingerprint density at radius 1 is 1.00 bits per heavy atom. The molecule has 1 amide bonds. The molecule has 0 aliphatic rings. The van der Waals surface area contributed by atoms with E-state index in [0.29, 0.717) is 11.5 Å². The summed E-state index contributed by atoms with van der Waals surface area (Å²) >= 11 is 0. The van der Waals surface area contributed by atoms with Crippen LogP contribution < -0.4 is 10.1 Å². The van der Waals surface area contributed by atoms with E-state index in [1.54, 1.807) is 6.07 Å². The van der Waals surface area contributed by atoms with Gasteiger partial charge < -0.3 is 19.2 Å². The van der Waals surface area contributed by atoms with E-state index in [-0.39, 0.29) is 24.2 Å². The summed E-state index contributed by atoms with van der Waals surface area (Å²) in [7, 11) is 0. The first-order valence-electron chi connectivity index (χ1n) is 9.46. The Bertz CT molecular complexity index is 984. The summed E-state index contributed by atoms with van der Waals surface area (Å²) in [6.07, 6.45) is -0.993. The molecule has 3 aromatic rings. The molecule has 30 heavy (non-hydrogen) atoms. The van der Waals surface area contributed by atoms with Crippen molar-refractivity contribution < 1.29 is 27.9 Å². The summed E-state index contributed by atoms with van der Waals surface area (Å²) in [5.74, 6) is -0.704. The van der Waals surface area contributed by atoms with Crippen LogP contribution in [0.5, 0.6) is 5.75 Å². The largest absolute Gasteiger partial charge is 0.486 e. The van der Waals surface area contributed by atoms with Crippen molar-refractivity contribution in [3.63, 3.8) is 0 Å². The molecule has 2 unspecified atom stereocenters. The first-order chi connectivity index (χ1) is 14.4. The van der Waals surface area contributed by atoms with Gasteiger partial charge in [0.1, 0.15) is 23.9 Å². The normalized spacial score (nSPS) is 12.6. The fourth-order valence-electron chi connectivity index (χ4n) is 2.68. The lowest BCUT2D eigenvalue weighted by atomic mass is 10.1. The highest BCUT2D eigenvalue weighted by atomic mass is 19.1. The maximum Gasteiger partial charge on any atom is 0.375 e. The van der Waals surface area contributed by atoms with Crippen LogP contribution in [0, 0.1) is 5.82 Å². The number of furan rings is 1. The quantitative estimate of drug-likeness (QED) is 0.555. The number of esters is 1. The van der Waals surface area contributed by atoms with Crippen LogP contribution in [0.1, 0.15) is 41.8 Å². The molecular weight excluding hydrogens is 389 g/mol. The van der Waals surface area contributed by atoms with E-state index < -0.39 is 18.0 Å². The lowest BCUT2D eigenvalue weighted by Crippen LogP contribution is -2.37. The standard InChI is InChI=1S/C23H22FNO5/c1-15(17-6-4-3-5-7-17)25-22(26)16(2)29-23(27)21-13-12-20(30-21)14-28-19-10-8-18(24)9-11-19/h3-13,15-16H,14H2,1-2H3,(H,25,26). The number of halogens is 1. The summed E-state index contributed by atoms with van der Waals surface area (Å²) in [6, 6.07) is 17.8. The molecule has 1 N–H and O–H groups in total. The number of hydrogen-bond donors (Lipinski definition) is 1. The molecular formula is C23H22FNO5. The van der Waals surface area contributed by atoms with Crippen molar-refractivity contribution in [1.29, 1.82) is 0 Å². The molecule has 0 radical (unpaired) electrons. The van der Waals surface area contributed by atoms with Crippen molar-refractivity contribution in [2.45, 2.75) is 32.6 Å². The van der Waals surface area contributed by atoms with E-state index in [1.807, 2.05) is 37.3 Å². The number of carbonyl (C=O) groups excluding carboxylic acids is 2. The Morgan fingerprint density at radius 3 is 2.40 bits per heavy atom. The van der Waals surface area contributed by atoms with Crippen LogP contribution in [0.3, 0.4) is 0 Å². The molecule has 3 rings (SSSR count). The molecule has 0 fully saturated rings. The zero-order valence-corrected chi connectivity index (χ0v) is 16.6. The predicted molar refractivity (Wildman–Crippen MR) is 107 cm³/mol. The van der Waals surface area contributed by atoms with E-state index >= 15 is 0 Å². The average Bonchev–Trinajstić information content (AvgIpc) is 3.23. The number of rotatable bonds is 8. The van der Waals surface area contributed by atoms with Gasteiger partial charge in [-0.2, -0.15) is 0 Å². The highest BCUT2D eigenvalue weighted by Gasteiger charge is 2.22. The smallest absolute Gasteiger partial charge is 0.375 e.